The minimum absolute atomic E-state index is 0.241. The number of pyridine rings is 1. The van der Waals surface area contributed by atoms with Gasteiger partial charge in [-0.25, -0.2) is 14.8 Å². The maximum atomic E-state index is 11.6. The SMILES string of the molecule is CN(Cc1cccnc1N1CCCC1)c1nc(=NC2CC2)n2ncc(=Cc3[nH]c(=O)[nH]c3O)c2n1. The second-order valence-corrected chi connectivity index (χ2v) is 9.04. The quantitative estimate of drug-likeness (QED) is 0.357. The zero-order chi connectivity index (χ0) is 23.9. The molecule has 0 aromatic carbocycles. The van der Waals surface area contributed by atoms with Crippen LogP contribution in [-0.4, -0.2) is 65.8 Å². The monoisotopic (exact) mass is 474 g/mol. The van der Waals surface area contributed by atoms with Gasteiger partial charge in [-0.1, -0.05) is 6.07 Å². The number of nitrogens with one attached hydrogen (secondary N) is 2. The van der Waals surface area contributed by atoms with Gasteiger partial charge in [0.15, 0.2) is 5.65 Å². The lowest BCUT2D eigenvalue weighted by atomic mass is 10.2. The zero-order valence-corrected chi connectivity index (χ0v) is 19.3. The van der Waals surface area contributed by atoms with Crippen molar-refractivity contribution < 1.29 is 5.11 Å². The first-order valence-electron chi connectivity index (χ1n) is 11.8. The summed E-state index contributed by atoms with van der Waals surface area (Å²) in [6, 6.07) is 4.29. The lowest BCUT2D eigenvalue weighted by molar-refractivity contribution is 0.454. The summed E-state index contributed by atoms with van der Waals surface area (Å²) in [6.07, 6.45) is 9.51. The van der Waals surface area contributed by atoms with Gasteiger partial charge in [-0.2, -0.15) is 19.6 Å². The van der Waals surface area contributed by atoms with Crippen molar-refractivity contribution >= 4 is 23.5 Å². The van der Waals surface area contributed by atoms with Crippen LogP contribution in [0.15, 0.2) is 34.3 Å². The standard InChI is InChI=1S/C23H26N10O2/c1-31(13-14-5-4-8-24-18(14)32-9-2-3-10-32)21-28-19-15(11-17-20(34)29-23(35)27-17)12-25-33(19)22(30-21)26-16-6-7-16/h4-5,8,11-12,16,34H,2-3,6-7,9-10,13H2,1H3,(H2,27,29,35). The molecule has 1 saturated heterocycles. The Morgan fingerprint density at radius 1 is 1.26 bits per heavy atom. The number of rotatable bonds is 6. The topological polar surface area (TPSA) is 144 Å². The highest BCUT2D eigenvalue weighted by molar-refractivity contribution is 5.57. The Morgan fingerprint density at radius 2 is 2.09 bits per heavy atom. The van der Waals surface area contributed by atoms with E-state index >= 15 is 0 Å². The maximum Gasteiger partial charge on any atom is 0.326 e. The fraction of sp³-hybridized carbons (Fsp3) is 0.391. The van der Waals surface area contributed by atoms with E-state index in [9.17, 15) is 9.90 Å². The average Bonchev–Trinajstić information content (AvgIpc) is 3.20. The predicted octanol–water partition coefficient (Wildman–Crippen LogP) is 0.0887. The molecule has 1 aliphatic carbocycles. The maximum absolute atomic E-state index is 11.6. The summed E-state index contributed by atoms with van der Waals surface area (Å²) >= 11 is 0. The van der Waals surface area contributed by atoms with Gasteiger partial charge >= 0.3 is 5.69 Å². The predicted molar refractivity (Wildman–Crippen MR) is 129 cm³/mol. The third-order valence-corrected chi connectivity index (χ3v) is 6.27. The third kappa shape index (κ3) is 4.22. The molecule has 4 aromatic heterocycles. The van der Waals surface area contributed by atoms with Gasteiger partial charge in [0.1, 0.15) is 11.5 Å². The molecule has 3 N–H and O–H groups in total. The van der Waals surface area contributed by atoms with Crippen LogP contribution in [-0.2, 0) is 6.54 Å². The Labute approximate surface area is 199 Å². The number of anilines is 2. The highest BCUT2D eigenvalue weighted by Gasteiger charge is 2.22. The molecule has 35 heavy (non-hydrogen) atoms. The lowest BCUT2D eigenvalue weighted by Gasteiger charge is -2.23. The van der Waals surface area contributed by atoms with Crippen molar-refractivity contribution in [1.29, 1.82) is 0 Å². The number of aromatic nitrogens is 7. The molecule has 0 atom stereocenters. The molecule has 0 bridgehead atoms. The zero-order valence-electron chi connectivity index (χ0n) is 19.3. The van der Waals surface area contributed by atoms with Crippen LogP contribution in [0.25, 0.3) is 11.7 Å². The number of hydrogen-bond donors (Lipinski definition) is 3. The number of aromatic amines is 2. The fourth-order valence-corrected chi connectivity index (χ4v) is 4.33. The Balaban J connectivity index is 1.43. The Kier molecular flexibility index (Phi) is 5.20. The van der Waals surface area contributed by atoms with Crippen molar-refractivity contribution in [2.24, 2.45) is 4.99 Å². The molecular formula is C23H26N10O2. The van der Waals surface area contributed by atoms with Crippen molar-refractivity contribution in [2.45, 2.75) is 38.3 Å². The van der Waals surface area contributed by atoms with Gasteiger partial charge in [-0.05, 0) is 37.8 Å². The summed E-state index contributed by atoms with van der Waals surface area (Å²) in [4.78, 5) is 39.7. The van der Waals surface area contributed by atoms with Gasteiger partial charge in [-0.3, -0.25) is 4.98 Å². The molecule has 5 heterocycles. The molecule has 0 unspecified atom stereocenters. The molecule has 6 rings (SSSR count). The van der Waals surface area contributed by atoms with E-state index in [0.29, 0.717) is 29.0 Å². The van der Waals surface area contributed by atoms with E-state index in [0.717, 1.165) is 37.3 Å². The van der Waals surface area contributed by atoms with Crippen molar-refractivity contribution in [3.05, 3.63) is 57.1 Å². The molecule has 2 fully saturated rings. The molecule has 180 valence electrons. The highest BCUT2D eigenvalue weighted by atomic mass is 16.3. The Hall–Kier alpha value is -4.22. The van der Waals surface area contributed by atoms with E-state index in [-0.39, 0.29) is 17.6 Å². The van der Waals surface area contributed by atoms with Gasteiger partial charge < -0.3 is 19.9 Å². The van der Waals surface area contributed by atoms with Gasteiger partial charge in [0.05, 0.1) is 12.2 Å². The van der Waals surface area contributed by atoms with Crippen LogP contribution in [0.5, 0.6) is 5.88 Å². The number of H-pyrrole nitrogens is 2. The first-order valence-corrected chi connectivity index (χ1v) is 11.8. The smallest absolute Gasteiger partial charge is 0.326 e. The average molecular weight is 475 g/mol. The number of fused-ring (bicyclic) bond motifs is 1. The van der Waals surface area contributed by atoms with Crippen LogP contribution in [0.3, 0.4) is 0 Å². The fourth-order valence-electron chi connectivity index (χ4n) is 4.33. The first-order chi connectivity index (χ1) is 17.0. The van der Waals surface area contributed by atoms with Crippen LogP contribution in [0.1, 0.15) is 36.9 Å². The second kappa shape index (κ2) is 8.53. The molecule has 4 aromatic rings. The van der Waals surface area contributed by atoms with Crippen LogP contribution in [0.4, 0.5) is 11.8 Å². The van der Waals surface area contributed by atoms with Crippen molar-refractivity contribution in [1.82, 2.24) is 34.5 Å². The van der Waals surface area contributed by atoms with E-state index in [1.807, 2.05) is 24.2 Å². The van der Waals surface area contributed by atoms with E-state index in [1.54, 1.807) is 16.8 Å². The molecule has 0 radical (unpaired) electrons. The molecule has 0 amide bonds. The highest BCUT2D eigenvalue weighted by Crippen LogP contribution is 2.24. The molecule has 12 nitrogen and oxygen atoms in total. The van der Waals surface area contributed by atoms with Crippen LogP contribution in [0.2, 0.25) is 0 Å². The van der Waals surface area contributed by atoms with Crippen molar-refractivity contribution in [3.8, 4) is 5.88 Å². The summed E-state index contributed by atoms with van der Waals surface area (Å²) in [5, 5.41) is 15.0. The number of imidazole rings is 1. The molecule has 0 spiro atoms. The second-order valence-electron chi connectivity index (χ2n) is 9.04. The Bertz CT molecular complexity index is 1560. The third-order valence-electron chi connectivity index (χ3n) is 6.27. The van der Waals surface area contributed by atoms with E-state index in [4.69, 9.17) is 15.0 Å². The normalized spacial score (nSPS) is 17.1. The van der Waals surface area contributed by atoms with Crippen LogP contribution in [0, 0.1) is 0 Å². The number of aromatic hydroxyl groups is 1. The van der Waals surface area contributed by atoms with Gasteiger partial charge in [0, 0.05) is 43.7 Å². The van der Waals surface area contributed by atoms with Crippen molar-refractivity contribution in [3.63, 3.8) is 0 Å². The molecule has 1 aliphatic heterocycles. The molecular weight excluding hydrogens is 448 g/mol. The summed E-state index contributed by atoms with van der Waals surface area (Å²) in [5.74, 6) is 1.27. The number of nitrogens with zero attached hydrogens (tertiary/aromatic N) is 8. The van der Waals surface area contributed by atoms with Gasteiger partial charge in [0.25, 0.3) is 5.62 Å². The summed E-state index contributed by atoms with van der Waals surface area (Å²) < 4.78 is 1.60. The van der Waals surface area contributed by atoms with Gasteiger partial charge in [-0.15, -0.1) is 0 Å². The van der Waals surface area contributed by atoms with E-state index < -0.39 is 5.69 Å². The summed E-state index contributed by atoms with van der Waals surface area (Å²) in [7, 11) is 1.95. The van der Waals surface area contributed by atoms with E-state index in [2.05, 4.69) is 31.0 Å². The summed E-state index contributed by atoms with van der Waals surface area (Å²) in [6.45, 7) is 2.62. The van der Waals surface area contributed by atoms with E-state index in [1.165, 1.54) is 12.8 Å². The number of hydrogen-bond acceptors (Lipinski definition) is 9. The van der Waals surface area contributed by atoms with Gasteiger partial charge in [0.2, 0.25) is 11.8 Å². The molecule has 1 saturated carbocycles. The molecule has 2 aliphatic rings. The molecule has 12 heteroatoms. The summed E-state index contributed by atoms with van der Waals surface area (Å²) in [5.41, 5.74) is 1.89. The van der Waals surface area contributed by atoms with Crippen LogP contribution < -0.4 is 26.3 Å². The minimum Gasteiger partial charge on any atom is -0.493 e. The largest absolute Gasteiger partial charge is 0.493 e. The Morgan fingerprint density at radius 3 is 2.83 bits per heavy atom. The first kappa shape index (κ1) is 21.3. The van der Waals surface area contributed by atoms with Crippen LogP contribution >= 0.6 is 0 Å². The van der Waals surface area contributed by atoms with Crippen molar-refractivity contribution in [2.75, 3.05) is 29.9 Å². The minimum atomic E-state index is -0.491. The lowest BCUT2D eigenvalue weighted by Crippen LogP contribution is -2.29.